The van der Waals surface area contributed by atoms with Crippen molar-refractivity contribution in [1.29, 1.82) is 0 Å². The number of aromatic nitrogens is 2. The average molecular weight is 390 g/mol. The number of halogens is 1. The van der Waals surface area contributed by atoms with E-state index in [-0.39, 0.29) is 24.2 Å². The van der Waals surface area contributed by atoms with Crippen LogP contribution in [0, 0.1) is 0 Å². The predicted octanol–water partition coefficient (Wildman–Crippen LogP) is 1.54. The molecular formula is C16H12BrN3O4. The second-order valence-corrected chi connectivity index (χ2v) is 5.89. The van der Waals surface area contributed by atoms with Crippen LogP contribution in [0.15, 0.2) is 61.1 Å². The van der Waals surface area contributed by atoms with Gasteiger partial charge in [0.05, 0.1) is 6.54 Å². The molecule has 0 bridgehead atoms. The van der Waals surface area contributed by atoms with E-state index >= 15 is 0 Å². The number of carbonyl (C=O) groups excluding carboxylic acids is 1. The summed E-state index contributed by atoms with van der Waals surface area (Å²) in [6.45, 7) is 0.363. The van der Waals surface area contributed by atoms with Gasteiger partial charge >= 0.3 is 5.63 Å². The monoisotopic (exact) mass is 389 g/mol. The summed E-state index contributed by atoms with van der Waals surface area (Å²) in [7, 11) is 0. The molecule has 122 valence electrons. The van der Waals surface area contributed by atoms with Gasteiger partial charge in [0.15, 0.2) is 0 Å². The van der Waals surface area contributed by atoms with Gasteiger partial charge in [-0.3, -0.25) is 9.59 Å². The standard InChI is InChI=1S/C16H12BrN3O4/c17-11-3-4-13-10(8-11)9-12(16(23)24-13)15(22)18-6-7-20-14(21)2-1-5-19-20/h1-5,8-9H,6-7H2,(H,18,22). The molecule has 0 radical (unpaired) electrons. The molecule has 0 saturated carbocycles. The lowest BCUT2D eigenvalue weighted by atomic mass is 10.2. The Labute approximate surface area is 144 Å². The van der Waals surface area contributed by atoms with Crippen LogP contribution in [-0.2, 0) is 6.54 Å². The molecular weight excluding hydrogens is 378 g/mol. The Kier molecular flexibility index (Phi) is 4.57. The highest BCUT2D eigenvalue weighted by molar-refractivity contribution is 9.10. The zero-order valence-corrected chi connectivity index (χ0v) is 13.9. The fourth-order valence-corrected chi connectivity index (χ4v) is 2.56. The van der Waals surface area contributed by atoms with Crippen molar-refractivity contribution < 1.29 is 9.21 Å². The van der Waals surface area contributed by atoms with Crippen LogP contribution in [-0.4, -0.2) is 22.2 Å². The molecule has 24 heavy (non-hydrogen) atoms. The van der Waals surface area contributed by atoms with Crippen LogP contribution < -0.4 is 16.5 Å². The van der Waals surface area contributed by atoms with E-state index < -0.39 is 11.5 Å². The third-order valence-corrected chi connectivity index (χ3v) is 3.83. The molecule has 1 amide bonds. The summed E-state index contributed by atoms with van der Waals surface area (Å²) >= 11 is 3.33. The fraction of sp³-hybridized carbons (Fsp3) is 0.125. The van der Waals surface area contributed by atoms with Crippen molar-refractivity contribution in [1.82, 2.24) is 15.1 Å². The van der Waals surface area contributed by atoms with Crippen LogP contribution in [0.2, 0.25) is 0 Å². The Bertz CT molecular complexity index is 1030. The fourth-order valence-electron chi connectivity index (χ4n) is 2.18. The summed E-state index contributed by atoms with van der Waals surface area (Å²) in [6, 6.07) is 9.54. The Hall–Kier alpha value is -2.74. The second-order valence-electron chi connectivity index (χ2n) is 4.97. The first kappa shape index (κ1) is 16.1. The zero-order chi connectivity index (χ0) is 17.1. The third-order valence-electron chi connectivity index (χ3n) is 3.33. The maximum Gasteiger partial charge on any atom is 0.349 e. The first-order valence-corrected chi connectivity index (χ1v) is 7.87. The summed E-state index contributed by atoms with van der Waals surface area (Å²) in [5, 5.41) is 7.10. The summed E-state index contributed by atoms with van der Waals surface area (Å²) in [4.78, 5) is 35.6. The molecule has 0 saturated heterocycles. The predicted molar refractivity (Wildman–Crippen MR) is 91.0 cm³/mol. The Morgan fingerprint density at radius 2 is 2.08 bits per heavy atom. The van der Waals surface area contributed by atoms with Crippen molar-refractivity contribution in [3.63, 3.8) is 0 Å². The minimum atomic E-state index is -0.711. The van der Waals surface area contributed by atoms with Crippen molar-refractivity contribution >= 4 is 32.8 Å². The highest BCUT2D eigenvalue weighted by atomic mass is 79.9. The SMILES string of the molecule is O=C(NCCn1ncccc1=O)c1cc2cc(Br)ccc2oc1=O. The molecule has 1 aromatic carbocycles. The smallest absolute Gasteiger partial charge is 0.349 e. The van der Waals surface area contributed by atoms with Crippen molar-refractivity contribution in [2.24, 2.45) is 0 Å². The molecule has 3 rings (SSSR count). The van der Waals surface area contributed by atoms with Gasteiger partial charge < -0.3 is 9.73 Å². The van der Waals surface area contributed by atoms with Gasteiger partial charge in [0.2, 0.25) is 0 Å². The molecule has 0 atom stereocenters. The zero-order valence-electron chi connectivity index (χ0n) is 12.4. The van der Waals surface area contributed by atoms with E-state index in [9.17, 15) is 14.4 Å². The number of fused-ring (bicyclic) bond motifs is 1. The van der Waals surface area contributed by atoms with Crippen molar-refractivity contribution in [3.05, 3.63) is 73.4 Å². The van der Waals surface area contributed by atoms with Crippen LogP contribution in [0.4, 0.5) is 0 Å². The largest absolute Gasteiger partial charge is 0.422 e. The Morgan fingerprint density at radius 1 is 1.25 bits per heavy atom. The van der Waals surface area contributed by atoms with E-state index in [1.165, 1.54) is 29.1 Å². The molecule has 0 aliphatic rings. The molecule has 3 aromatic rings. The molecule has 0 spiro atoms. The van der Waals surface area contributed by atoms with E-state index in [1.54, 1.807) is 18.2 Å². The molecule has 8 heteroatoms. The van der Waals surface area contributed by atoms with Gasteiger partial charge in [-0.25, -0.2) is 9.48 Å². The number of rotatable bonds is 4. The van der Waals surface area contributed by atoms with E-state index in [0.29, 0.717) is 11.0 Å². The van der Waals surface area contributed by atoms with Crippen molar-refractivity contribution in [2.75, 3.05) is 6.54 Å². The van der Waals surface area contributed by atoms with E-state index in [0.717, 1.165) is 4.47 Å². The number of nitrogens with zero attached hydrogens (tertiary/aromatic N) is 2. The van der Waals surface area contributed by atoms with E-state index in [4.69, 9.17) is 4.42 Å². The normalized spacial score (nSPS) is 10.7. The van der Waals surface area contributed by atoms with Crippen LogP contribution in [0.1, 0.15) is 10.4 Å². The summed E-state index contributed by atoms with van der Waals surface area (Å²) < 4.78 is 7.18. The van der Waals surface area contributed by atoms with Crippen LogP contribution >= 0.6 is 15.9 Å². The van der Waals surface area contributed by atoms with Gasteiger partial charge in [0, 0.05) is 28.7 Å². The highest BCUT2D eigenvalue weighted by Gasteiger charge is 2.13. The number of nitrogens with one attached hydrogen (secondary N) is 1. The van der Waals surface area contributed by atoms with Crippen molar-refractivity contribution in [3.8, 4) is 0 Å². The lowest BCUT2D eigenvalue weighted by molar-refractivity contribution is 0.0948. The Morgan fingerprint density at radius 3 is 2.88 bits per heavy atom. The second kappa shape index (κ2) is 6.79. The van der Waals surface area contributed by atoms with Crippen LogP contribution in [0.3, 0.4) is 0 Å². The summed E-state index contributed by atoms with van der Waals surface area (Å²) in [5.74, 6) is -0.561. The topological polar surface area (TPSA) is 94.2 Å². The van der Waals surface area contributed by atoms with Gasteiger partial charge in [-0.15, -0.1) is 0 Å². The molecule has 0 unspecified atom stereocenters. The molecule has 2 aromatic heterocycles. The summed E-state index contributed by atoms with van der Waals surface area (Å²) in [5.41, 5.74) is -0.659. The molecule has 0 aliphatic carbocycles. The first-order chi connectivity index (χ1) is 11.5. The third kappa shape index (κ3) is 3.43. The van der Waals surface area contributed by atoms with Gasteiger partial charge in [-0.05, 0) is 30.3 Å². The maximum atomic E-state index is 12.2. The van der Waals surface area contributed by atoms with Crippen LogP contribution in [0.25, 0.3) is 11.0 Å². The van der Waals surface area contributed by atoms with Crippen LogP contribution in [0.5, 0.6) is 0 Å². The molecule has 1 N–H and O–H groups in total. The van der Waals surface area contributed by atoms with Crippen molar-refractivity contribution in [2.45, 2.75) is 6.54 Å². The highest BCUT2D eigenvalue weighted by Crippen LogP contribution is 2.19. The maximum absolute atomic E-state index is 12.2. The number of hydrogen-bond donors (Lipinski definition) is 1. The summed E-state index contributed by atoms with van der Waals surface area (Å²) in [6.07, 6.45) is 1.49. The average Bonchev–Trinajstić information content (AvgIpc) is 2.56. The number of carbonyl (C=O) groups is 1. The molecule has 0 fully saturated rings. The number of amides is 1. The number of benzene rings is 1. The molecule has 2 heterocycles. The lowest BCUT2D eigenvalue weighted by Crippen LogP contribution is -2.33. The minimum Gasteiger partial charge on any atom is -0.422 e. The quantitative estimate of drug-likeness (QED) is 0.683. The molecule has 7 nitrogen and oxygen atoms in total. The number of hydrogen-bond acceptors (Lipinski definition) is 5. The van der Waals surface area contributed by atoms with Gasteiger partial charge in [-0.1, -0.05) is 15.9 Å². The Balaban J connectivity index is 1.76. The van der Waals surface area contributed by atoms with E-state index in [2.05, 4.69) is 26.3 Å². The lowest BCUT2D eigenvalue weighted by Gasteiger charge is -2.06. The van der Waals surface area contributed by atoms with E-state index in [1.807, 2.05) is 0 Å². The van der Waals surface area contributed by atoms with Gasteiger partial charge in [0.1, 0.15) is 11.1 Å². The van der Waals surface area contributed by atoms with Gasteiger partial charge in [0.25, 0.3) is 11.5 Å². The molecule has 0 aliphatic heterocycles. The van der Waals surface area contributed by atoms with Gasteiger partial charge in [-0.2, -0.15) is 5.10 Å². The first-order valence-electron chi connectivity index (χ1n) is 7.08. The minimum absolute atomic E-state index is 0.0889.